The van der Waals surface area contributed by atoms with E-state index in [0.29, 0.717) is 17.7 Å². The van der Waals surface area contributed by atoms with Gasteiger partial charge in [-0.25, -0.2) is 0 Å². The maximum Gasteiger partial charge on any atom is 1.00 e. The average molecular weight is 460 g/mol. The number of nitrogens with one attached hydrogen (secondary N) is 1. The third-order valence-corrected chi connectivity index (χ3v) is 5.33. The van der Waals surface area contributed by atoms with E-state index in [-0.39, 0.29) is 36.1 Å². The normalized spacial score (nSPS) is 12.3. The van der Waals surface area contributed by atoms with Gasteiger partial charge in [-0.05, 0) is 23.3 Å². The molecule has 0 radical (unpaired) electrons. The van der Waals surface area contributed by atoms with E-state index in [9.17, 15) is 23.1 Å². The molecular weight excluding hydrogens is 440 g/mol. The minimum Gasteiger partial charge on any atom is -0.548 e. The Labute approximate surface area is 211 Å². The summed E-state index contributed by atoms with van der Waals surface area (Å²) in [5.41, 5.74) is 1.98. The average Bonchev–Trinajstić information content (AvgIpc) is 3.12. The second kappa shape index (κ2) is 10.6. The molecule has 4 aromatic rings. The number of nitrogens with zero attached hydrogens (tertiary/aromatic N) is 1. The molecule has 8 heteroatoms. The first-order valence-corrected chi connectivity index (χ1v) is 10.0. The zero-order chi connectivity index (χ0) is 22.7. The molecule has 0 saturated heterocycles. The summed E-state index contributed by atoms with van der Waals surface area (Å²) in [5.74, 6) is -1.35. The molecule has 0 spiro atoms. The van der Waals surface area contributed by atoms with Gasteiger partial charge >= 0.3 is 35.7 Å². The molecule has 0 saturated carbocycles. The fourth-order valence-electron chi connectivity index (χ4n) is 3.81. The van der Waals surface area contributed by atoms with Crippen molar-refractivity contribution in [2.24, 2.45) is 0 Å². The van der Waals surface area contributed by atoms with Crippen LogP contribution >= 0.6 is 0 Å². The fourth-order valence-corrected chi connectivity index (χ4v) is 3.81. The van der Waals surface area contributed by atoms with Crippen molar-refractivity contribution in [2.75, 3.05) is 0 Å². The Hall–Kier alpha value is -2.58. The van der Waals surface area contributed by atoms with Crippen molar-refractivity contribution in [1.29, 1.82) is 0 Å². The maximum absolute atomic E-state index is 13.0. The SMILES string of the molecule is O=C([O-])C(NCc1cccc(C(F)(F)F)c1)c1cn(Cc2ccccc2)c2ccccc12.[Na+]. The molecule has 0 aliphatic rings. The molecule has 164 valence electrons. The Balaban J connectivity index is 0.00000306. The quantitative estimate of drug-likeness (QED) is 0.423. The summed E-state index contributed by atoms with van der Waals surface area (Å²) in [6.07, 6.45) is -2.70. The molecule has 0 fully saturated rings. The molecule has 1 heterocycles. The zero-order valence-corrected chi connectivity index (χ0v) is 20.0. The van der Waals surface area contributed by atoms with Gasteiger partial charge in [0.05, 0.1) is 17.6 Å². The van der Waals surface area contributed by atoms with Crippen LogP contribution in [0.4, 0.5) is 13.2 Å². The van der Waals surface area contributed by atoms with E-state index in [1.807, 2.05) is 59.2 Å². The number of aromatic nitrogens is 1. The smallest absolute Gasteiger partial charge is 0.548 e. The molecule has 1 N–H and O–H groups in total. The van der Waals surface area contributed by atoms with E-state index in [2.05, 4.69) is 5.32 Å². The third-order valence-electron chi connectivity index (χ3n) is 5.33. The molecule has 4 nitrogen and oxygen atoms in total. The van der Waals surface area contributed by atoms with E-state index >= 15 is 0 Å². The molecular formula is C25H20F3N2NaO2. The van der Waals surface area contributed by atoms with Gasteiger partial charge in [0, 0.05) is 35.8 Å². The molecule has 0 aliphatic carbocycles. The largest absolute Gasteiger partial charge is 1.00 e. The Morgan fingerprint density at radius 3 is 2.30 bits per heavy atom. The van der Waals surface area contributed by atoms with Crippen LogP contribution in [-0.2, 0) is 24.1 Å². The number of benzene rings is 3. The number of halogens is 3. The number of fused-ring (bicyclic) bond motifs is 1. The van der Waals surface area contributed by atoms with Crippen molar-refractivity contribution < 1.29 is 52.6 Å². The van der Waals surface area contributed by atoms with Crippen molar-refractivity contribution in [3.8, 4) is 0 Å². The summed E-state index contributed by atoms with van der Waals surface area (Å²) in [6.45, 7) is 0.496. The van der Waals surface area contributed by atoms with Gasteiger partial charge in [0.25, 0.3) is 0 Å². The van der Waals surface area contributed by atoms with Crippen molar-refractivity contribution in [2.45, 2.75) is 25.3 Å². The summed E-state index contributed by atoms with van der Waals surface area (Å²) in [6, 6.07) is 20.8. The van der Waals surface area contributed by atoms with Gasteiger partial charge < -0.3 is 19.8 Å². The van der Waals surface area contributed by atoms with E-state index in [1.165, 1.54) is 12.1 Å². The van der Waals surface area contributed by atoms with Crippen molar-refractivity contribution in [1.82, 2.24) is 9.88 Å². The third kappa shape index (κ3) is 5.86. The van der Waals surface area contributed by atoms with Crippen molar-refractivity contribution >= 4 is 16.9 Å². The van der Waals surface area contributed by atoms with Crippen molar-refractivity contribution in [3.05, 3.63) is 107 Å². The van der Waals surface area contributed by atoms with Gasteiger partial charge in [0.2, 0.25) is 0 Å². The van der Waals surface area contributed by atoms with Gasteiger partial charge in [-0.15, -0.1) is 0 Å². The number of para-hydroxylation sites is 1. The van der Waals surface area contributed by atoms with E-state index in [1.54, 1.807) is 6.20 Å². The van der Waals surface area contributed by atoms with Crippen LogP contribution in [0.3, 0.4) is 0 Å². The van der Waals surface area contributed by atoms with Crippen LogP contribution in [0.1, 0.15) is 28.3 Å². The molecule has 4 rings (SSSR count). The first kappa shape index (κ1) is 25.1. The summed E-state index contributed by atoms with van der Waals surface area (Å²) in [5, 5.41) is 15.6. The minimum atomic E-state index is -4.46. The number of carbonyl (C=O) groups is 1. The first-order valence-electron chi connectivity index (χ1n) is 10.0. The second-order valence-corrected chi connectivity index (χ2v) is 7.55. The Morgan fingerprint density at radius 2 is 1.61 bits per heavy atom. The summed E-state index contributed by atoms with van der Waals surface area (Å²) in [4.78, 5) is 12.0. The predicted molar refractivity (Wildman–Crippen MR) is 114 cm³/mol. The molecule has 3 aromatic carbocycles. The van der Waals surface area contributed by atoms with Gasteiger partial charge in [-0.3, -0.25) is 0 Å². The summed E-state index contributed by atoms with van der Waals surface area (Å²) in [7, 11) is 0. The molecule has 33 heavy (non-hydrogen) atoms. The Kier molecular flexibility index (Phi) is 8.02. The number of alkyl halides is 3. The topological polar surface area (TPSA) is 57.1 Å². The number of aliphatic carboxylic acids is 1. The number of carbonyl (C=O) groups excluding carboxylic acids is 1. The Bertz CT molecular complexity index is 1240. The van der Waals surface area contributed by atoms with Gasteiger partial charge in [0.1, 0.15) is 0 Å². The van der Waals surface area contributed by atoms with Gasteiger partial charge in [0.15, 0.2) is 0 Å². The predicted octanol–water partition coefficient (Wildman–Crippen LogP) is 1.29. The monoisotopic (exact) mass is 460 g/mol. The molecule has 1 unspecified atom stereocenters. The van der Waals surface area contributed by atoms with Gasteiger partial charge in [-0.1, -0.05) is 66.7 Å². The number of carboxylic acid groups (broad SMARTS) is 1. The van der Waals surface area contributed by atoms with Crippen LogP contribution < -0.4 is 40.0 Å². The maximum atomic E-state index is 13.0. The van der Waals surface area contributed by atoms with Crippen LogP contribution in [0.25, 0.3) is 10.9 Å². The van der Waals surface area contributed by atoms with E-state index in [4.69, 9.17) is 0 Å². The molecule has 0 amide bonds. The molecule has 1 atom stereocenters. The number of carboxylic acids is 1. The molecule has 0 aliphatic heterocycles. The molecule has 1 aromatic heterocycles. The van der Waals surface area contributed by atoms with Crippen LogP contribution in [0.15, 0.2) is 85.1 Å². The van der Waals surface area contributed by atoms with E-state index in [0.717, 1.165) is 28.6 Å². The first-order chi connectivity index (χ1) is 15.3. The zero-order valence-electron chi connectivity index (χ0n) is 18.0. The Morgan fingerprint density at radius 1 is 0.939 bits per heavy atom. The summed E-state index contributed by atoms with van der Waals surface area (Å²) >= 11 is 0. The summed E-state index contributed by atoms with van der Waals surface area (Å²) < 4.78 is 40.9. The second-order valence-electron chi connectivity index (χ2n) is 7.55. The minimum absolute atomic E-state index is 0. The van der Waals surface area contributed by atoms with E-state index < -0.39 is 23.8 Å². The number of hydrogen-bond acceptors (Lipinski definition) is 3. The van der Waals surface area contributed by atoms with Gasteiger partial charge in [-0.2, -0.15) is 13.2 Å². The molecule has 0 bridgehead atoms. The standard InChI is InChI=1S/C25H21F3N2O2.Na/c26-25(27,28)19-10-6-9-18(13-19)14-29-23(24(31)32)21-16-30(15-17-7-2-1-3-8-17)22-12-5-4-11-20(21)22;/h1-13,16,23,29H,14-15H2,(H,31,32);/q;+1/p-1. The number of rotatable bonds is 7. The van der Waals surface area contributed by atoms with Crippen LogP contribution in [0, 0.1) is 0 Å². The fraction of sp³-hybridized carbons (Fsp3) is 0.160. The van der Waals surface area contributed by atoms with Crippen LogP contribution in [0.2, 0.25) is 0 Å². The van der Waals surface area contributed by atoms with Crippen LogP contribution in [-0.4, -0.2) is 10.5 Å². The van der Waals surface area contributed by atoms with Crippen LogP contribution in [0.5, 0.6) is 0 Å². The van der Waals surface area contributed by atoms with Crippen molar-refractivity contribution in [3.63, 3.8) is 0 Å². The number of hydrogen-bond donors (Lipinski definition) is 1.